The Balaban J connectivity index is 1.97. The molecule has 0 radical (unpaired) electrons. The average molecular weight is 339 g/mol. The molecular formula is C19H18FN3O2. The van der Waals surface area contributed by atoms with Gasteiger partial charge in [-0.25, -0.2) is 14.8 Å². The molecule has 0 unspecified atom stereocenters. The molecule has 3 rings (SSSR count). The van der Waals surface area contributed by atoms with Crippen molar-refractivity contribution in [3.8, 4) is 11.3 Å². The van der Waals surface area contributed by atoms with Crippen LogP contribution >= 0.6 is 0 Å². The second-order valence-corrected chi connectivity index (χ2v) is 6.57. The zero-order valence-electron chi connectivity index (χ0n) is 14.2. The second kappa shape index (κ2) is 6.47. The lowest BCUT2D eigenvalue weighted by atomic mass is 10.1. The third kappa shape index (κ3) is 4.09. The van der Waals surface area contributed by atoms with Crippen LogP contribution in [0.3, 0.4) is 0 Å². The molecule has 25 heavy (non-hydrogen) atoms. The predicted octanol–water partition coefficient (Wildman–Crippen LogP) is 4.78. The Labute approximate surface area is 144 Å². The fourth-order valence-corrected chi connectivity index (χ4v) is 2.35. The van der Waals surface area contributed by atoms with Gasteiger partial charge in [0.15, 0.2) is 0 Å². The minimum Gasteiger partial charge on any atom is -0.444 e. The van der Waals surface area contributed by atoms with E-state index in [-0.39, 0.29) is 0 Å². The molecule has 0 saturated carbocycles. The van der Waals surface area contributed by atoms with E-state index in [9.17, 15) is 9.18 Å². The Morgan fingerprint density at radius 1 is 1.12 bits per heavy atom. The second-order valence-electron chi connectivity index (χ2n) is 6.57. The summed E-state index contributed by atoms with van der Waals surface area (Å²) in [6.07, 6.45) is 0.878. The van der Waals surface area contributed by atoms with Crippen molar-refractivity contribution >= 4 is 22.7 Å². The third-order valence-electron chi connectivity index (χ3n) is 3.38. The fraction of sp³-hybridized carbons (Fsp3) is 0.211. The molecule has 0 aliphatic rings. The van der Waals surface area contributed by atoms with Gasteiger partial charge in [-0.3, -0.25) is 5.32 Å². The number of benzene rings is 1. The summed E-state index contributed by atoms with van der Waals surface area (Å²) in [6, 6.07) is 12.1. The van der Waals surface area contributed by atoms with Gasteiger partial charge in [-0.05, 0) is 45.0 Å². The Morgan fingerprint density at radius 2 is 1.92 bits per heavy atom. The molecule has 1 aromatic carbocycles. The maximum absolute atomic E-state index is 13.0. The molecule has 2 heterocycles. The molecule has 2 aromatic heterocycles. The van der Waals surface area contributed by atoms with Gasteiger partial charge in [0, 0.05) is 17.1 Å². The number of carbonyl (C=O) groups is 1. The Kier molecular flexibility index (Phi) is 4.35. The van der Waals surface area contributed by atoms with E-state index >= 15 is 0 Å². The van der Waals surface area contributed by atoms with E-state index in [1.165, 1.54) is 12.3 Å². The van der Waals surface area contributed by atoms with Crippen molar-refractivity contribution in [1.82, 2.24) is 9.97 Å². The topological polar surface area (TPSA) is 64.1 Å². The molecule has 1 amide bonds. The molecule has 5 nitrogen and oxygen atoms in total. The first kappa shape index (κ1) is 16.8. The minimum atomic E-state index is -0.590. The number of fused-ring (bicyclic) bond motifs is 1. The molecule has 128 valence electrons. The molecule has 0 saturated heterocycles. The van der Waals surface area contributed by atoms with Crippen LogP contribution in [0.15, 0.2) is 48.7 Å². The molecule has 1 N–H and O–H groups in total. The molecule has 6 heteroatoms. The summed E-state index contributed by atoms with van der Waals surface area (Å²) in [5.74, 6) is -0.545. The number of ether oxygens (including phenoxy) is 1. The van der Waals surface area contributed by atoms with E-state index in [2.05, 4.69) is 15.3 Å². The largest absolute Gasteiger partial charge is 0.444 e. The van der Waals surface area contributed by atoms with Crippen molar-refractivity contribution in [2.45, 2.75) is 26.4 Å². The smallest absolute Gasteiger partial charge is 0.412 e. The number of pyridine rings is 2. The summed E-state index contributed by atoms with van der Waals surface area (Å²) >= 11 is 0. The lowest BCUT2D eigenvalue weighted by Gasteiger charge is -2.20. The van der Waals surface area contributed by atoms with Crippen LogP contribution in [0, 0.1) is 5.95 Å². The highest BCUT2D eigenvalue weighted by Gasteiger charge is 2.17. The van der Waals surface area contributed by atoms with E-state index in [4.69, 9.17) is 4.74 Å². The van der Waals surface area contributed by atoms with Gasteiger partial charge >= 0.3 is 6.09 Å². The summed E-state index contributed by atoms with van der Waals surface area (Å²) in [5.41, 5.74) is 1.90. The molecule has 0 aliphatic carbocycles. The predicted molar refractivity (Wildman–Crippen MR) is 94.8 cm³/mol. The minimum absolute atomic E-state index is 0.545. The maximum atomic E-state index is 13.0. The summed E-state index contributed by atoms with van der Waals surface area (Å²) in [6.45, 7) is 5.40. The van der Waals surface area contributed by atoms with Gasteiger partial charge in [-0.15, -0.1) is 0 Å². The zero-order chi connectivity index (χ0) is 18.0. The summed E-state index contributed by atoms with van der Waals surface area (Å²) in [7, 11) is 0. The van der Waals surface area contributed by atoms with Gasteiger partial charge in [0.25, 0.3) is 0 Å². The highest BCUT2D eigenvalue weighted by molar-refractivity contribution is 5.98. The normalized spacial score (nSPS) is 11.4. The highest BCUT2D eigenvalue weighted by atomic mass is 19.1. The zero-order valence-corrected chi connectivity index (χ0v) is 14.2. The van der Waals surface area contributed by atoms with Crippen molar-refractivity contribution in [3.63, 3.8) is 0 Å². The standard InChI is InChI=1S/C19H18FN3O2/c1-19(2,3)25-18(24)23-15-6-4-5-12-7-9-14(22-17(12)15)13-8-10-16(20)21-11-13/h4-11H,1-3H3,(H,23,24). The first-order chi connectivity index (χ1) is 11.8. The van der Waals surface area contributed by atoms with E-state index in [1.54, 1.807) is 32.9 Å². The third-order valence-corrected chi connectivity index (χ3v) is 3.38. The number of para-hydroxylation sites is 1. The van der Waals surface area contributed by atoms with Crippen LogP contribution in [0.5, 0.6) is 0 Å². The van der Waals surface area contributed by atoms with Crippen LogP contribution in [0.4, 0.5) is 14.9 Å². The van der Waals surface area contributed by atoms with Gasteiger partial charge < -0.3 is 4.74 Å². The van der Waals surface area contributed by atoms with Crippen LogP contribution in [-0.4, -0.2) is 21.7 Å². The number of hydrogen-bond donors (Lipinski definition) is 1. The molecule has 0 fully saturated rings. The Bertz CT molecular complexity index is 918. The van der Waals surface area contributed by atoms with Crippen LogP contribution in [0.25, 0.3) is 22.2 Å². The van der Waals surface area contributed by atoms with Crippen molar-refractivity contribution in [1.29, 1.82) is 0 Å². The number of rotatable bonds is 2. The maximum Gasteiger partial charge on any atom is 0.412 e. The molecule has 3 aromatic rings. The fourth-order valence-electron chi connectivity index (χ4n) is 2.35. The summed E-state index contributed by atoms with van der Waals surface area (Å²) < 4.78 is 18.3. The van der Waals surface area contributed by atoms with Crippen molar-refractivity contribution < 1.29 is 13.9 Å². The number of nitrogens with zero attached hydrogens (tertiary/aromatic N) is 2. The Morgan fingerprint density at radius 3 is 2.60 bits per heavy atom. The van der Waals surface area contributed by atoms with E-state index in [0.29, 0.717) is 22.5 Å². The molecule has 0 spiro atoms. The Hall–Kier alpha value is -3.02. The van der Waals surface area contributed by atoms with Gasteiger partial charge in [0.05, 0.1) is 16.9 Å². The molecular weight excluding hydrogens is 321 g/mol. The number of carbonyl (C=O) groups excluding carboxylic acids is 1. The first-order valence-electron chi connectivity index (χ1n) is 7.83. The lowest BCUT2D eigenvalue weighted by molar-refractivity contribution is 0.0636. The van der Waals surface area contributed by atoms with Gasteiger partial charge in [-0.1, -0.05) is 18.2 Å². The average Bonchev–Trinajstić information content (AvgIpc) is 2.54. The quantitative estimate of drug-likeness (QED) is 0.682. The van der Waals surface area contributed by atoms with Crippen molar-refractivity contribution in [3.05, 3.63) is 54.6 Å². The molecule has 0 atom stereocenters. The number of nitrogens with one attached hydrogen (secondary N) is 1. The van der Waals surface area contributed by atoms with Crippen LogP contribution in [0.1, 0.15) is 20.8 Å². The summed E-state index contributed by atoms with van der Waals surface area (Å²) in [4.78, 5) is 20.3. The van der Waals surface area contributed by atoms with Gasteiger partial charge in [0.1, 0.15) is 5.60 Å². The highest BCUT2D eigenvalue weighted by Crippen LogP contribution is 2.26. The van der Waals surface area contributed by atoms with E-state index < -0.39 is 17.6 Å². The van der Waals surface area contributed by atoms with Crippen LogP contribution in [-0.2, 0) is 4.74 Å². The number of hydrogen-bond acceptors (Lipinski definition) is 4. The van der Waals surface area contributed by atoms with E-state index in [1.807, 2.05) is 24.3 Å². The van der Waals surface area contributed by atoms with Crippen LogP contribution < -0.4 is 5.32 Å². The number of aromatic nitrogens is 2. The van der Waals surface area contributed by atoms with Crippen LogP contribution in [0.2, 0.25) is 0 Å². The SMILES string of the molecule is CC(C)(C)OC(=O)Nc1cccc2ccc(-c3ccc(F)nc3)nc12. The number of anilines is 1. The monoisotopic (exact) mass is 339 g/mol. The first-order valence-corrected chi connectivity index (χ1v) is 7.83. The molecule has 0 bridgehead atoms. The number of halogens is 1. The van der Waals surface area contributed by atoms with Gasteiger partial charge in [0.2, 0.25) is 5.95 Å². The summed E-state index contributed by atoms with van der Waals surface area (Å²) in [5, 5.41) is 3.60. The van der Waals surface area contributed by atoms with E-state index in [0.717, 1.165) is 5.39 Å². The van der Waals surface area contributed by atoms with Crippen molar-refractivity contribution in [2.24, 2.45) is 0 Å². The lowest BCUT2D eigenvalue weighted by Crippen LogP contribution is -2.27. The van der Waals surface area contributed by atoms with Crippen molar-refractivity contribution in [2.75, 3.05) is 5.32 Å². The number of amides is 1. The van der Waals surface area contributed by atoms with Gasteiger partial charge in [-0.2, -0.15) is 4.39 Å². The molecule has 0 aliphatic heterocycles.